The number of likely N-dealkylation sites (N-methyl/N-ethyl adjacent to an activating group) is 1. The number of carbonyl (C=O) groups is 1. The Hall–Kier alpha value is -1.64. The van der Waals surface area contributed by atoms with Crippen LogP contribution in [0.1, 0.15) is 12.5 Å². The first-order chi connectivity index (χ1) is 10.2. The first-order valence-corrected chi connectivity index (χ1v) is 8.54. The van der Waals surface area contributed by atoms with Crippen molar-refractivity contribution in [3.8, 4) is 0 Å². The monoisotopic (exact) mass is 328 g/mol. The normalized spacial score (nSPS) is 13.0. The molecule has 22 heavy (non-hydrogen) atoms. The standard InChI is InChI=1S/C14H24N4O3S/c1-11(18(2)3)10-17-14(19)16-9-8-12-4-6-13(7-5-12)22(15,20)21/h4-7,11H,8-10H2,1-3H3,(H2,15,20,21)(H2,16,17,19). The van der Waals surface area contributed by atoms with Crippen molar-refractivity contribution in [2.75, 3.05) is 27.2 Å². The first-order valence-electron chi connectivity index (χ1n) is 7.00. The third-order valence-corrected chi connectivity index (χ3v) is 4.32. The number of nitrogens with one attached hydrogen (secondary N) is 2. The summed E-state index contributed by atoms with van der Waals surface area (Å²) in [6.45, 7) is 3.06. The Morgan fingerprint density at radius 3 is 2.32 bits per heavy atom. The van der Waals surface area contributed by atoms with Crippen LogP contribution in [-0.2, 0) is 16.4 Å². The van der Waals surface area contributed by atoms with Crippen molar-refractivity contribution in [3.63, 3.8) is 0 Å². The number of benzene rings is 1. The molecule has 0 bridgehead atoms. The quantitative estimate of drug-likeness (QED) is 0.661. The second kappa shape index (κ2) is 8.11. The predicted octanol–water partition coefficient (Wildman–Crippen LogP) is 0.126. The lowest BCUT2D eigenvalue weighted by Gasteiger charge is -2.20. The fourth-order valence-electron chi connectivity index (χ4n) is 1.65. The molecule has 0 aliphatic rings. The van der Waals surface area contributed by atoms with Crippen molar-refractivity contribution >= 4 is 16.1 Å². The van der Waals surface area contributed by atoms with Crippen LogP contribution in [0.5, 0.6) is 0 Å². The van der Waals surface area contributed by atoms with E-state index in [9.17, 15) is 13.2 Å². The Balaban J connectivity index is 2.34. The molecule has 0 saturated heterocycles. The van der Waals surface area contributed by atoms with Crippen LogP contribution in [0, 0.1) is 0 Å². The highest BCUT2D eigenvalue weighted by molar-refractivity contribution is 7.89. The second-order valence-electron chi connectivity index (χ2n) is 5.39. The summed E-state index contributed by atoms with van der Waals surface area (Å²) in [6.07, 6.45) is 0.613. The summed E-state index contributed by atoms with van der Waals surface area (Å²) >= 11 is 0. The molecule has 0 aliphatic carbocycles. The summed E-state index contributed by atoms with van der Waals surface area (Å²) in [4.78, 5) is 13.7. The highest BCUT2D eigenvalue weighted by Gasteiger charge is 2.08. The van der Waals surface area contributed by atoms with E-state index >= 15 is 0 Å². The molecule has 8 heteroatoms. The number of carbonyl (C=O) groups excluding carboxylic acids is 1. The zero-order valence-corrected chi connectivity index (χ0v) is 14.0. The molecule has 1 aromatic carbocycles. The number of amides is 2. The summed E-state index contributed by atoms with van der Waals surface area (Å²) in [5.41, 5.74) is 0.925. The fourth-order valence-corrected chi connectivity index (χ4v) is 2.17. The number of primary sulfonamides is 1. The number of hydrogen-bond donors (Lipinski definition) is 3. The summed E-state index contributed by atoms with van der Waals surface area (Å²) in [7, 11) is 0.248. The lowest BCUT2D eigenvalue weighted by molar-refractivity contribution is 0.234. The van der Waals surface area contributed by atoms with Gasteiger partial charge in [0.15, 0.2) is 0 Å². The van der Waals surface area contributed by atoms with E-state index in [0.717, 1.165) is 5.56 Å². The van der Waals surface area contributed by atoms with Crippen LogP contribution in [-0.4, -0.2) is 52.6 Å². The Morgan fingerprint density at radius 1 is 1.23 bits per heavy atom. The van der Waals surface area contributed by atoms with E-state index in [4.69, 9.17) is 5.14 Å². The molecule has 0 spiro atoms. The topological polar surface area (TPSA) is 105 Å². The number of sulfonamides is 1. The molecule has 7 nitrogen and oxygen atoms in total. The van der Waals surface area contributed by atoms with Crippen molar-refractivity contribution in [1.29, 1.82) is 0 Å². The minimum Gasteiger partial charge on any atom is -0.338 e. The van der Waals surface area contributed by atoms with E-state index in [1.165, 1.54) is 12.1 Å². The van der Waals surface area contributed by atoms with Gasteiger partial charge in [-0.05, 0) is 45.1 Å². The molecular weight excluding hydrogens is 304 g/mol. The maximum Gasteiger partial charge on any atom is 0.314 e. The van der Waals surface area contributed by atoms with Gasteiger partial charge < -0.3 is 15.5 Å². The van der Waals surface area contributed by atoms with E-state index in [2.05, 4.69) is 10.6 Å². The largest absolute Gasteiger partial charge is 0.338 e. The number of hydrogen-bond acceptors (Lipinski definition) is 4. The van der Waals surface area contributed by atoms with E-state index in [-0.39, 0.29) is 17.0 Å². The van der Waals surface area contributed by atoms with E-state index < -0.39 is 10.0 Å². The van der Waals surface area contributed by atoms with Crippen molar-refractivity contribution in [3.05, 3.63) is 29.8 Å². The van der Waals surface area contributed by atoms with Crippen LogP contribution in [0.25, 0.3) is 0 Å². The van der Waals surface area contributed by atoms with Crippen molar-refractivity contribution in [2.45, 2.75) is 24.3 Å². The van der Waals surface area contributed by atoms with Crippen LogP contribution in [0.4, 0.5) is 4.79 Å². The highest BCUT2D eigenvalue weighted by atomic mass is 32.2. The van der Waals surface area contributed by atoms with Crippen molar-refractivity contribution in [1.82, 2.24) is 15.5 Å². The fraction of sp³-hybridized carbons (Fsp3) is 0.500. The Morgan fingerprint density at radius 2 is 1.82 bits per heavy atom. The average Bonchev–Trinajstić information content (AvgIpc) is 2.44. The van der Waals surface area contributed by atoms with Crippen LogP contribution < -0.4 is 15.8 Å². The van der Waals surface area contributed by atoms with Gasteiger partial charge in [0.2, 0.25) is 10.0 Å². The maximum absolute atomic E-state index is 11.6. The molecule has 4 N–H and O–H groups in total. The molecule has 124 valence electrons. The zero-order chi connectivity index (χ0) is 16.8. The molecule has 2 amide bonds. The number of nitrogens with two attached hydrogens (primary N) is 1. The van der Waals surface area contributed by atoms with Gasteiger partial charge in [0.1, 0.15) is 0 Å². The first kappa shape index (κ1) is 18.4. The highest BCUT2D eigenvalue weighted by Crippen LogP contribution is 2.08. The molecule has 0 fully saturated rings. The van der Waals surface area contributed by atoms with Gasteiger partial charge in [-0.3, -0.25) is 0 Å². The Labute approximate surface area is 131 Å². The summed E-state index contributed by atoms with van der Waals surface area (Å²) in [6, 6.07) is 6.35. The smallest absolute Gasteiger partial charge is 0.314 e. The van der Waals surface area contributed by atoms with E-state index in [1.54, 1.807) is 12.1 Å². The molecule has 0 aromatic heterocycles. The van der Waals surface area contributed by atoms with Gasteiger partial charge in [-0.1, -0.05) is 12.1 Å². The van der Waals surface area contributed by atoms with Crippen LogP contribution >= 0.6 is 0 Å². The van der Waals surface area contributed by atoms with Gasteiger partial charge in [0, 0.05) is 19.1 Å². The predicted molar refractivity (Wildman–Crippen MR) is 86.1 cm³/mol. The van der Waals surface area contributed by atoms with Gasteiger partial charge in [0.05, 0.1) is 4.90 Å². The molecule has 1 rings (SSSR count). The molecule has 0 aliphatic heterocycles. The van der Waals surface area contributed by atoms with Gasteiger partial charge in [-0.15, -0.1) is 0 Å². The minimum atomic E-state index is -3.66. The SMILES string of the molecule is CC(CNC(=O)NCCc1ccc(S(N)(=O)=O)cc1)N(C)C. The van der Waals surface area contributed by atoms with Crippen molar-refractivity contribution < 1.29 is 13.2 Å². The minimum absolute atomic E-state index is 0.0830. The number of rotatable bonds is 7. The zero-order valence-electron chi connectivity index (χ0n) is 13.2. The molecule has 0 saturated carbocycles. The van der Waals surface area contributed by atoms with Gasteiger partial charge in [-0.25, -0.2) is 18.4 Å². The second-order valence-corrected chi connectivity index (χ2v) is 6.95. The van der Waals surface area contributed by atoms with E-state index in [0.29, 0.717) is 19.5 Å². The molecular formula is C14H24N4O3S. The lowest BCUT2D eigenvalue weighted by Crippen LogP contribution is -2.43. The van der Waals surface area contributed by atoms with E-state index in [1.807, 2.05) is 25.9 Å². The lowest BCUT2D eigenvalue weighted by atomic mass is 10.1. The Bertz CT molecular complexity index is 585. The summed E-state index contributed by atoms with van der Waals surface area (Å²) in [5, 5.41) is 10.6. The Kier molecular flexibility index (Phi) is 6.79. The third kappa shape index (κ3) is 6.42. The third-order valence-electron chi connectivity index (χ3n) is 3.39. The maximum atomic E-state index is 11.6. The average molecular weight is 328 g/mol. The van der Waals surface area contributed by atoms with Gasteiger partial charge in [0.25, 0.3) is 0 Å². The van der Waals surface area contributed by atoms with Gasteiger partial charge in [-0.2, -0.15) is 0 Å². The molecule has 0 heterocycles. The van der Waals surface area contributed by atoms with Crippen LogP contribution in [0.3, 0.4) is 0 Å². The number of urea groups is 1. The van der Waals surface area contributed by atoms with Crippen molar-refractivity contribution in [2.24, 2.45) is 5.14 Å². The van der Waals surface area contributed by atoms with Gasteiger partial charge >= 0.3 is 6.03 Å². The molecule has 1 unspecified atom stereocenters. The van der Waals surface area contributed by atoms with Crippen LogP contribution in [0.2, 0.25) is 0 Å². The summed E-state index contributed by atoms with van der Waals surface area (Å²) in [5.74, 6) is 0. The molecule has 1 aromatic rings. The molecule has 1 atom stereocenters. The van der Waals surface area contributed by atoms with Crippen LogP contribution in [0.15, 0.2) is 29.2 Å². The molecule has 0 radical (unpaired) electrons. The number of nitrogens with zero attached hydrogens (tertiary/aromatic N) is 1. The summed E-state index contributed by atoms with van der Waals surface area (Å²) < 4.78 is 22.3.